The Labute approximate surface area is 119 Å². The van der Waals surface area contributed by atoms with Gasteiger partial charge in [-0.1, -0.05) is 0 Å². The lowest BCUT2D eigenvalue weighted by molar-refractivity contribution is -0.137. The molecule has 0 heterocycles. The van der Waals surface area contributed by atoms with Crippen LogP contribution in [0.4, 0.5) is 4.79 Å². The lowest BCUT2D eigenvalue weighted by Crippen LogP contribution is -2.49. The number of hydrogen-bond acceptors (Lipinski definition) is 3. The maximum absolute atomic E-state index is 12.0. The van der Waals surface area contributed by atoms with Crippen LogP contribution >= 0.6 is 0 Å². The molecule has 0 saturated carbocycles. The predicted molar refractivity (Wildman–Crippen MR) is 75.1 cm³/mol. The van der Waals surface area contributed by atoms with Gasteiger partial charge in [-0.15, -0.1) is 0 Å². The molecule has 7 heteroatoms. The lowest BCUT2D eigenvalue weighted by atomic mass is 9.93. The average molecular weight is 287 g/mol. The second-order valence-corrected chi connectivity index (χ2v) is 5.69. The second-order valence-electron chi connectivity index (χ2n) is 5.69. The zero-order valence-electron chi connectivity index (χ0n) is 12.6. The molecule has 0 atom stereocenters. The lowest BCUT2D eigenvalue weighted by Gasteiger charge is -2.29. The SMILES string of the molecule is CC(C)N(CCCC(=O)O)C(=O)NCC(C)(C)C(N)=O. The molecule has 0 unspecified atom stereocenters. The van der Waals surface area contributed by atoms with E-state index in [0.717, 1.165) is 0 Å². The van der Waals surface area contributed by atoms with E-state index in [1.807, 2.05) is 13.8 Å². The summed E-state index contributed by atoms with van der Waals surface area (Å²) in [6.45, 7) is 7.49. The van der Waals surface area contributed by atoms with Gasteiger partial charge in [-0.3, -0.25) is 9.59 Å². The number of carboxylic acid groups (broad SMARTS) is 1. The Balaban J connectivity index is 4.43. The fourth-order valence-electron chi connectivity index (χ4n) is 1.48. The highest BCUT2D eigenvalue weighted by atomic mass is 16.4. The van der Waals surface area contributed by atoms with Crippen LogP contribution < -0.4 is 11.1 Å². The zero-order valence-corrected chi connectivity index (χ0v) is 12.6. The Hall–Kier alpha value is -1.79. The number of nitrogens with two attached hydrogens (primary N) is 1. The topological polar surface area (TPSA) is 113 Å². The van der Waals surface area contributed by atoms with Crippen molar-refractivity contribution in [1.29, 1.82) is 0 Å². The molecule has 3 amide bonds. The van der Waals surface area contributed by atoms with Gasteiger partial charge in [0.1, 0.15) is 0 Å². The Kier molecular flexibility index (Phi) is 7.02. The molecule has 0 radical (unpaired) electrons. The van der Waals surface area contributed by atoms with Gasteiger partial charge >= 0.3 is 12.0 Å². The summed E-state index contributed by atoms with van der Waals surface area (Å²) in [6, 6.07) is -0.375. The maximum Gasteiger partial charge on any atom is 0.317 e. The standard InChI is InChI=1S/C13H25N3O4/c1-9(2)16(7-5-6-10(17)18)12(20)15-8-13(3,4)11(14)19/h9H,5-8H2,1-4H3,(H2,14,19)(H,15,20)(H,17,18). The molecule has 7 nitrogen and oxygen atoms in total. The summed E-state index contributed by atoms with van der Waals surface area (Å²) in [7, 11) is 0. The molecule has 0 saturated heterocycles. The number of urea groups is 1. The van der Waals surface area contributed by atoms with Gasteiger partial charge in [0, 0.05) is 25.6 Å². The Bertz CT molecular complexity index is 367. The first-order valence-electron chi connectivity index (χ1n) is 6.64. The fourth-order valence-corrected chi connectivity index (χ4v) is 1.48. The molecule has 4 N–H and O–H groups in total. The number of nitrogens with one attached hydrogen (secondary N) is 1. The van der Waals surface area contributed by atoms with E-state index in [1.54, 1.807) is 18.7 Å². The molecule has 0 aliphatic rings. The molecule has 0 aromatic heterocycles. The van der Waals surface area contributed by atoms with Crippen LogP contribution in [0.1, 0.15) is 40.5 Å². The first kappa shape index (κ1) is 18.2. The minimum Gasteiger partial charge on any atom is -0.481 e. The number of hydrogen-bond donors (Lipinski definition) is 3. The minimum absolute atomic E-state index is 0.0171. The third kappa shape index (κ3) is 6.40. The van der Waals surface area contributed by atoms with Crippen molar-refractivity contribution in [3.05, 3.63) is 0 Å². The normalized spacial score (nSPS) is 11.2. The summed E-state index contributed by atoms with van der Waals surface area (Å²) < 4.78 is 0. The van der Waals surface area contributed by atoms with Crippen molar-refractivity contribution in [3.8, 4) is 0 Å². The van der Waals surface area contributed by atoms with Crippen LogP contribution in [0.5, 0.6) is 0 Å². The van der Waals surface area contributed by atoms with E-state index in [-0.39, 0.29) is 25.0 Å². The van der Waals surface area contributed by atoms with E-state index >= 15 is 0 Å². The van der Waals surface area contributed by atoms with Gasteiger partial charge in [-0.05, 0) is 34.1 Å². The number of amides is 3. The van der Waals surface area contributed by atoms with Crippen molar-refractivity contribution in [2.75, 3.05) is 13.1 Å². The van der Waals surface area contributed by atoms with Crippen LogP contribution in [0.3, 0.4) is 0 Å². The highest BCUT2D eigenvalue weighted by Crippen LogP contribution is 2.12. The summed E-state index contributed by atoms with van der Waals surface area (Å²) >= 11 is 0. The van der Waals surface area contributed by atoms with E-state index in [4.69, 9.17) is 10.8 Å². The van der Waals surface area contributed by atoms with E-state index in [2.05, 4.69) is 5.32 Å². The van der Waals surface area contributed by atoms with Crippen LogP contribution in [-0.2, 0) is 9.59 Å². The van der Waals surface area contributed by atoms with E-state index < -0.39 is 17.3 Å². The number of carbonyl (C=O) groups is 3. The highest BCUT2D eigenvalue weighted by Gasteiger charge is 2.27. The van der Waals surface area contributed by atoms with Crippen molar-refractivity contribution in [2.24, 2.45) is 11.1 Å². The van der Waals surface area contributed by atoms with E-state index in [9.17, 15) is 14.4 Å². The molecular weight excluding hydrogens is 262 g/mol. The van der Waals surface area contributed by atoms with Gasteiger partial charge in [0.05, 0.1) is 5.41 Å². The van der Waals surface area contributed by atoms with Crippen molar-refractivity contribution >= 4 is 17.9 Å². The molecule has 20 heavy (non-hydrogen) atoms. The largest absolute Gasteiger partial charge is 0.481 e. The van der Waals surface area contributed by atoms with Crippen molar-refractivity contribution in [1.82, 2.24) is 10.2 Å². The van der Waals surface area contributed by atoms with Gasteiger partial charge in [0.2, 0.25) is 5.91 Å². The van der Waals surface area contributed by atoms with Gasteiger partial charge in [-0.2, -0.15) is 0 Å². The first-order valence-corrected chi connectivity index (χ1v) is 6.64. The monoisotopic (exact) mass is 287 g/mol. The number of nitrogens with zero attached hydrogens (tertiary/aromatic N) is 1. The van der Waals surface area contributed by atoms with E-state index in [0.29, 0.717) is 13.0 Å². The molecule has 0 rings (SSSR count). The third-order valence-corrected chi connectivity index (χ3v) is 3.02. The molecule has 0 fully saturated rings. The molecule has 0 aromatic rings. The fraction of sp³-hybridized carbons (Fsp3) is 0.769. The highest BCUT2D eigenvalue weighted by molar-refractivity contribution is 5.81. The summed E-state index contributed by atoms with van der Waals surface area (Å²) in [5.74, 6) is -1.37. The van der Waals surface area contributed by atoms with Gasteiger partial charge in [0.15, 0.2) is 0 Å². The predicted octanol–water partition coefficient (Wildman–Crippen LogP) is 0.783. The molecule has 0 aromatic carbocycles. The molecule has 0 spiro atoms. The van der Waals surface area contributed by atoms with Crippen LogP contribution in [-0.4, -0.2) is 47.0 Å². The quantitative estimate of drug-likeness (QED) is 0.612. The summed E-state index contributed by atoms with van der Waals surface area (Å²) in [5, 5.41) is 11.3. The smallest absolute Gasteiger partial charge is 0.317 e. The Morgan fingerprint density at radius 3 is 2.25 bits per heavy atom. The maximum atomic E-state index is 12.0. The molecule has 0 aliphatic heterocycles. The van der Waals surface area contributed by atoms with Gasteiger partial charge in [0.25, 0.3) is 0 Å². The first-order chi connectivity index (χ1) is 9.08. The summed E-state index contributed by atoms with van der Waals surface area (Å²) in [6.07, 6.45) is 0.406. The number of carbonyl (C=O) groups excluding carboxylic acids is 2. The van der Waals surface area contributed by atoms with Crippen molar-refractivity contribution in [2.45, 2.75) is 46.6 Å². The van der Waals surface area contributed by atoms with Gasteiger partial charge in [-0.25, -0.2) is 4.79 Å². The van der Waals surface area contributed by atoms with E-state index in [1.165, 1.54) is 0 Å². The van der Waals surface area contributed by atoms with Crippen LogP contribution in [0, 0.1) is 5.41 Å². The molecule has 0 bridgehead atoms. The van der Waals surface area contributed by atoms with Crippen molar-refractivity contribution < 1.29 is 19.5 Å². The molecule has 116 valence electrons. The molecular formula is C13H25N3O4. The number of primary amides is 1. The third-order valence-electron chi connectivity index (χ3n) is 3.02. The number of rotatable bonds is 8. The van der Waals surface area contributed by atoms with Crippen LogP contribution in [0.2, 0.25) is 0 Å². The minimum atomic E-state index is -0.885. The second kappa shape index (κ2) is 7.72. The summed E-state index contributed by atoms with van der Waals surface area (Å²) in [5.41, 5.74) is 4.42. The van der Waals surface area contributed by atoms with Crippen LogP contribution in [0.25, 0.3) is 0 Å². The number of carboxylic acids is 1. The zero-order chi connectivity index (χ0) is 15.9. The Morgan fingerprint density at radius 2 is 1.85 bits per heavy atom. The molecule has 0 aliphatic carbocycles. The van der Waals surface area contributed by atoms with Crippen molar-refractivity contribution in [3.63, 3.8) is 0 Å². The van der Waals surface area contributed by atoms with Gasteiger partial charge < -0.3 is 21.1 Å². The average Bonchev–Trinajstić information content (AvgIpc) is 2.30. The Morgan fingerprint density at radius 1 is 1.30 bits per heavy atom. The van der Waals surface area contributed by atoms with Crippen LogP contribution in [0.15, 0.2) is 0 Å². The summed E-state index contributed by atoms with van der Waals surface area (Å²) in [4.78, 5) is 35.2. The number of aliphatic carboxylic acids is 1.